The van der Waals surface area contributed by atoms with Crippen LogP contribution < -0.4 is 0 Å². The van der Waals surface area contributed by atoms with E-state index in [1.165, 1.54) is 0 Å². The molecule has 0 heterocycles. The summed E-state index contributed by atoms with van der Waals surface area (Å²) in [4.78, 5) is 34.0. The van der Waals surface area contributed by atoms with E-state index in [9.17, 15) is 19.5 Å². The lowest BCUT2D eigenvalue weighted by molar-refractivity contribution is -0.147. The largest absolute Gasteiger partial charge is 0.481 e. The van der Waals surface area contributed by atoms with E-state index in [1.54, 1.807) is 6.08 Å². The highest BCUT2D eigenvalue weighted by Crippen LogP contribution is 2.53. The third kappa shape index (κ3) is 8.73. The molecule has 2 N–H and O–H groups in total. The van der Waals surface area contributed by atoms with E-state index in [0.717, 1.165) is 51.4 Å². The first-order valence-electron chi connectivity index (χ1n) is 12.0. The Morgan fingerprint density at radius 1 is 1.22 bits per heavy atom. The Balaban J connectivity index is 1.65. The summed E-state index contributed by atoms with van der Waals surface area (Å²) in [6.45, 7) is 2.47. The van der Waals surface area contributed by atoms with Gasteiger partial charge in [-0.15, -0.1) is 0 Å². The van der Waals surface area contributed by atoms with E-state index in [2.05, 4.69) is 13.0 Å². The van der Waals surface area contributed by atoms with Crippen LogP contribution in [-0.4, -0.2) is 40.6 Å². The fourth-order valence-electron chi connectivity index (χ4n) is 4.14. The van der Waals surface area contributed by atoms with Crippen molar-refractivity contribution < 1.29 is 29.3 Å². The fraction of sp³-hybridized carbons (Fsp3) is 0.654. The molecule has 178 valence electrons. The zero-order valence-corrected chi connectivity index (χ0v) is 19.2. The SMILES string of the molecule is CCCCC1([C@H](O)/C=C/[C@H]2C=CC(=O)[C@@H]2C/C=C\CCCCOC(=O)CCC(=O)O)CC1. The lowest BCUT2D eigenvalue weighted by atomic mass is 9.88. The number of ketones is 1. The van der Waals surface area contributed by atoms with Crippen molar-refractivity contribution in [3.63, 3.8) is 0 Å². The maximum absolute atomic E-state index is 12.2. The van der Waals surface area contributed by atoms with Crippen molar-refractivity contribution in [3.8, 4) is 0 Å². The molecule has 0 unspecified atom stereocenters. The van der Waals surface area contributed by atoms with Gasteiger partial charge in [-0.3, -0.25) is 14.4 Å². The molecule has 0 bridgehead atoms. The van der Waals surface area contributed by atoms with Crippen LogP contribution >= 0.6 is 0 Å². The zero-order chi connectivity index (χ0) is 23.4. The molecule has 2 rings (SSSR count). The normalized spacial score (nSPS) is 22.6. The topological polar surface area (TPSA) is 101 Å². The van der Waals surface area contributed by atoms with Gasteiger partial charge < -0.3 is 14.9 Å². The molecule has 2 aliphatic rings. The third-order valence-electron chi connectivity index (χ3n) is 6.50. The number of carboxylic acids is 1. The molecule has 32 heavy (non-hydrogen) atoms. The third-order valence-corrected chi connectivity index (χ3v) is 6.50. The van der Waals surface area contributed by atoms with Crippen molar-refractivity contribution in [2.75, 3.05) is 6.61 Å². The number of carbonyl (C=O) groups excluding carboxylic acids is 2. The molecule has 0 amide bonds. The summed E-state index contributed by atoms with van der Waals surface area (Å²) in [5, 5.41) is 19.1. The Morgan fingerprint density at radius 3 is 2.69 bits per heavy atom. The molecule has 0 aliphatic heterocycles. The maximum atomic E-state index is 12.2. The number of allylic oxidation sites excluding steroid dienone is 5. The molecule has 1 fully saturated rings. The van der Waals surface area contributed by atoms with E-state index in [4.69, 9.17) is 9.84 Å². The molecule has 0 radical (unpaired) electrons. The first-order chi connectivity index (χ1) is 15.4. The molecule has 1 saturated carbocycles. The predicted octanol–water partition coefficient (Wildman–Crippen LogP) is 4.77. The standard InChI is InChI=1S/C26H38O6/c1-2-3-16-26(17-18-26)23(28)13-11-20-10-12-22(27)21(20)9-7-5-4-6-8-19-32-25(31)15-14-24(29)30/h5,7,10-13,20-21,23,28H,2-4,6,8-9,14-19H2,1H3,(H,29,30)/b7-5-,13-11+/t20-,21-,23-/m1/s1. The van der Waals surface area contributed by atoms with Gasteiger partial charge >= 0.3 is 11.9 Å². The molecule has 0 aromatic heterocycles. The smallest absolute Gasteiger partial charge is 0.306 e. The lowest BCUT2D eigenvalue weighted by Crippen LogP contribution is -2.20. The number of aliphatic carboxylic acids is 1. The van der Waals surface area contributed by atoms with Crippen LogP contribution in [0.2, 0.25) is 0 Å². The summed E-state index contributed by atoms with van der Waals surface area (Å²) in [5.41, 5.74) is 0.0683. The highest BCUT2D eigenvalue weighted by atomic mass is 16.5. The second-order valence-corrected chi connectivity index (χ2v) is 9.06. The number of ether oxygens (including phenoxy) is 1. The number of aliphatic hydroxyl groups excluding tert-OH is 1. The van der Waals surface area contributed by atoms with Crippen LogP contribution in [0.4, 0.5) is 0 Å². The summed E-state index contributed by atoms with van der Waals surface area (Å²) in [6.07, 6.45) is 19.5. The van der Waals surface area contributed by atoms with E-state index < -0.39 is 18.0 Å². The Bertz CT molecular complexity index is 716. The van der Waals surface area contributed by atoms with Crippen LogP contribution in [0.1, 0.15) is 77.6 Å². The maximum Gasteiger partial charge on any atom is 0.306 e. The average molecular weight is 447 g/mol. The minimum absolute atomic E-state index is 0.0361. The van der Waals surface area contributed by atoms with E-state index in [0.29, 0.717) is 13.0 Å². The average Bonchev–Trinajstić information content (AvgIpc) is 3.49. The van der Waals surface area contributed by atoms with Crippen molar-refractivity contribution in [2.45, 2.75) is 83.7 Å². The molecular weight excluding hydrogens is 408 g/mol. The van der Waals surface area contributed by atoms with Crippen molar-refractivity contribution in [2.24, 2.45) is 17.3 Å². The molecule has 0 aromatic carbocycles. The van der Waals surface area contributed by atoms with Crippen LogP contribution in [-0.2, 0) is 19.1 Å². The van der Waals surface area contributed by atoms with Gasteiger partial charge in [-0.25, -0.2) is 0 Å². The second-order valence-electron chi connectivity index (χ2n) is 9.06. The summed E-state index contributed by atoms with van der Waals surface area (Å²) in [7, 11) is 0. The van der Waals surface area contributed by atoms with Crippen LogP contribution in [0.3, 0.4) is 0 Å². The Labute approximate surface area is 191 Å². The van der Waals surface area contributed by atoms with Crippen LogP contribution in [0.15, 0.2) is 36.5 Å². The molecule has 6 nitrogen and oxygen atoms in total. The monoisotopic (exact) mass is 446 g/mol. The first kappa shape index (κ1) is 26.0. The highest BCUT2D eigenvalue weighted by molar-refractivity contribution is 5.95. The van der Waals surface area contributed by atoms with E-state index >= 15 is 0 Å². The lowest BCUT2D eigenvalue weighted by Gasteiger charge is -2.20. The summed E-state index contributed by atoms with van der Waals surface area (Å²) >= 11 is 0. The molecule has 6 heteroatoms. The number of unbranched alkanes of at least 4 members (excludes halogenated alkanes) is 3. The van der Waals surface area contributed by atoms with Gasteiger partial charge in [0.25, 0.3) is 0 Å². The van der Waals surface area contributed by atoms with Crippen molar-refractivity contribution in [1.29, 1.82) is 0 Å². The van der Waals surface area contributed by atoms with Crippen LogP contribution in [0.5, 0.6) is 0 Å². The number of aliphatic hydroxyl groups is 1. The summed E-state index contributed by atoms with van der Waals surface area (Å²) < 4.78 is 5.00. The second kappa shape index (κ2) is 13.4. The Hall–Kier alpha value is -2.21. The van der Waals surface area contributed by atoms with Gasteiger partial charge in [0.1, 0.15) is 0 Å². The zero-order valence-electron chi connectivity index (χ0n) is 19.2. The fourth-order valence-corrected chi connectivity index (χ4v) is 4.14. The van der Waals surface area contributed by atoms with Crippen LogP contribution in [0.25, 0.3) is 0 Å². The van der Waals surface area contributed by atoms with E-state index in [1.807, 2.05) is 24.3 Å². The van der Waals surface area contributed by atoms with Gasteiger partial charge in [0.05, 0.1) is 25.6 Å². The van der Waals surface area contributed by atoms with Gasteiger partial charge in [-0.1, -0.05) is 50.1 Å². The van der Waals surface area contributed by atoms with Gasteiger partial charge in [-0.2, -0.15) is 0 Å². The molecule has 0 spiro atoms. The molecule has 0 aromatic rings. The molecular formula is C26H38O6. The number of carbonyl (C=O) groups is 3. The highest BCUT2D eigenvalue weighted by Gasteiger charge is 2.47. The Kier molecular flexibility index (Phi) is 10.9. The number of carboxylic acid groups (broad SMARTS) is 1. The van der Waals surface area contributed by atoms with Gasteiger partial charge in [0.15, 0.2) is 5.78 Å². The van der Waals surface area contributed by atoms with Gasteiger partial charge in [-0.05, 0) is 56.4 Å². The molecule has 3 atom stereocenters. The first-order valence-corrected chi connectivity index (χ1v) is 12.0. The van der Waals surface area contributed by atoms with Crippen LogP contribution in [0, 0.1) is 17.3 Å². The number of rotatable bonds is 16. The quantitative estimate of drug-likeness (QED) is 0.201. The predicted molar refractivity (Wildman–Crippen MR) is 123 cm³/mol. The summed E-state index contributed by atoms with van der Waals surface area (Å²) in [5.74, 6) is -1.41. The van der Waals surface area contributed by atoms with Crippen molar-refractivity contribution >= 4 is 17.7 Å². The van der Waals surface area contributed by atoms with Gasteiger partial charge in [0.2, 0.25) is 0 Å². The number of esters is 1. The minimum atomic E-state index is -1.00. The summed E-state index contributed by atoms with van der Waals surface area (Å²) in [6, 6.07) is 0. The molecule has 0 saturated heterocycles. The molecule has 2 aliphatic carbocycles. The number of hydrogen-bond acceptors (Lipinski definition) is 5. The van der Waals surface area contributed by atoms with E-state index in [-0.39, 0.29) is 35.9 Å². The minimum Gasteiger partial charge on any atom is -0.481 e. The van der Waals surface area contributed by atoms with Gasteiger partial charge in [0, 0.05) is 11.8 Å². The van der Waals surface area contributed by atoms with Crippen molar-refractivity contribution in [1.82, 2.24) is 0 Å². The van der Waals surface area contributed by atoms with Crippen molar-refractivity contribution in [3.05, 3.63) is 36.5 Å². The Morgan fingerprint density at radius 2 is 2.00 bits per heavy atom. The number of hydrogen-bond donors (Lipinski definition) is 2.